The van der Waals surface area contributed by atoms with E-state index in [0.29, 0.717) is 18.8 Å². The maximum absolute atomic E-state index is 12.9. The lowest BCUT2D eigenvalue weighted by atomic mass is 10.2. The Hall–Kier alpha value is -3.10. The normalized spacial score (nSPS) is 18.9. The summed E-state index contributed by atoms with van der Waals surface area (Å²) in [6.45, 7) is 8.38. The summed E-state index contributed by atoms with van der Waals surface area (Å²) in [5, 5.41) is 3.30. The lowest BCUT2D eigenvalue weighted by Gasteiger charge is -2.36. The number of carbonyl (C=O) groups is 2. The van der Waals surface area contributed by atoms with E-state index in [4.69, 9.17) is 9.47 Å². The summed E-state index contributed by atoms with van der Waals surface area (Å²) >= 11 is 0. The third kappa shape index (κ3) is 6.32. The minimum atomic E-state index is -0.453. The highest BCUT2D eigenvalue weighted by atomic mass is 16.5. The van der Waals surface area contributed by atoms with Gasteiger partial charge in [0.2, 0.25) is 5.91 Å². The van der Waals surface area contributed by atoms with Gasteiger partial charge in [0.15, 0.2) is 0 Å². The first-order chi connectivity index (χ1) is 17.1. The average Bonchev–Trinajstić information content (AvgIpc) is 3.18. The van der Waals surface area contributed by atoms with Gasteiger partial charge in [-0.1, -0.05) is 6.92 Å². The lowest BCUT2D eigenvalue weighted by molar-refractivity contribution is -0.121. The average molecular weight is 481 g/mol. The molecule has 2 aliphatic heterocycles. The number of hydrogen-bond donors (Lipinski definition) is 1. The van der Waals surface area contributed by atoms with E-state index < -0.39 is 6.04 Å². The first kappa shape index (κ1) is 25.0. The number of anilines is 2. The molecule has 0 bridgehead atoms. The Morgan fingerprint density at radius 3 is 2.23 bits per heavy atom. The highest BCUT2D eigenvalue weighted by Gasteiger charge is 2.39. The van der Waals surface area contributed by atoms with Crippen LogP contribution in [0.3, 0.4) is 0 Å². The van der Waals surface area contributed by atoms with Crippen molar-refractivity contribution in [1.29, 1.82) is 0 Å². The number of piperazine rings is 1. The van der Waals surface area contributed by atoms with Gasteiger partial charge in [-0.25, -0.2) is 4.90 Å². The summed E-state index contributed by atoms with van der Waals surface area (Å²) in [5.74, 6) is 1.28. The highest BCUT2D eigenvalue weighted by Crippen LogP contribution is 2.25. The minimum absolute atomic E-state index is 0.163. The topological polar surface area (TPSA) is 74.3 Å². The van der Waals surface area contributed by atoms with Crippen LogP contribution in [0, 0.1) is 0 Å². The molecule has 0 radical (unpaired) electrons. The van der Waals surface area contributed by atoms with Crippen LogP contribution in [0.5, 0.6) is 11.5 Å². The van der Waals surface area contributed by atoms with Crippen molar-refractivity contribution in [2.45, 2.75) is 32.2 Å². The van der Waals surface area contributed by atoms with Crippen molar-refractivity contribution in [3.63, 3.8) is 0 Å². The number of ether oxygens (including phenoxy) is 2. The van der Waals surface area contributed by atoms with Crippen LogP contribution >= 0.6 is 0 Å². The molecule has 0 aromatic heterocycles. The van der Waals surface area contributed by atoms with Crippen molar-refractivity contribution in [2.75, 3.05) is 62.8 Å². The van der Waals surface area contributed by atoms with Gasteiger partial charge in [0.25, 0.3) is 5.91 Å². The van der Waals surface area contributed by atoms with Crippen molar-refractivity contribution in [3.8, 4) is 11.5 Å². The predicted octanol–water partition coefficient (Wildman–Crippen LogP) is 2.92. The van der Waals surface area contributed by atoms with Crippen LogP contribution in [-0.4, -0.2) is 75.7 Å². The van der Waals surface area contributed by atoms with Crippen molar-refractivity contribution in [2.24, 2.45) is 0 Å². The van der Waals surface area contributed by atoms with Crippen LogP contribution in [0.15, 0.2) is 48.5 Å². The molecule has 2 heterocycles. The van der Waals surface area contributed by atoms with Gasteiger partial charge in [-0.15, -0.1) is 0 Å². The van der Waals surface area contributed by atoms with E-state index in [-0.39, 0.29) is 18.2 Å². The zero-order valence-corrected chi connectivity index (χ0v) is 20.7. The molecule has 2 fully saturated rings. The van der Waals surface area contributed by atoms with Gasteiger partial charge in [-0.05, 0) is 74.5 Å². The van der Waals surface area contributed by atoms with Gasteiger partial charge in [-0.3, -0.25) is 14.5 Å². The van der Waals surface area contributed by atoms with Crippen LogP contribution in [0.2, 0.25) is 0 Å². The fourth-order valence-electron chi connectivity index (χ4n) is 4.58. The second-order valence-corrected chi connectivity index (χ2v) is 9.00. The number of nitrogens with one attached hydrogen (secondary N) is 1. The zero-order chi connectivity index (χ0) is 24.6. The Kier molecular flexibility index (Phi) is 8.60. The van der Waals surface area contributed by atoms with Gasteiger partial charge >= 0.3 is 0 Å². The van der Waals surface area contributed by atoms with Crippen molar-refractivity contribution < 1.29 is 19.1 Å². The molecule has 188 valence electrons. The lowest BCUT2D eigenvalue weighted by Crippen LogP contribution is -2.47. The van der Waals surface area contributed by atoms with Gasteiger partial charge < -0.3 is 19.7 Å². The summed E-state index contributed by atoms with van der Waals surface area (Å²) < 4.78 is 10.8. The standard InChI is InChI=1S/C27H36N4O4/c1-3-19-35-24-11-7-22(8-12-24)31-26(32)20-25(27(31)33)28-13-4-14-29-15-17-30(18-16-29)21-5-9-23(34-2)10-6-21/h5-12,25,28H,3-4,13-20H2,1-2H3/t25-/m1/s1. The molecule has 1 atom stereocenters. The Bertz CT molecular complexity index is 972. The largest absolute Gasteiger partial charge is 0.497 e. The second kappa shape index (κ2) is 12.0. The molecule has 4 rings (SSSR count). The first-order valence-corrected chi connectivity index (χ1v) is 12.5. The number of amides is 2. The highest BCUT2D eigenvalue weighted by molar-refractivity contribution is 6.22. The number of nitrogens with zero attached hydrogens (tertiary/aromatic N) is 3. The van der Waals surface area contributed by atoms with Gasteiger partial charge in [0.1, 0.15) is 11.5 Å². The smallest absolute Gasteiger partial charge is 0.251 e. The summed E-state index contributed by atoms with van der Waals surface area (Å²) in [4.78, 5) is 31.5. The molecule has 0 saturated carbocycles. The molecule has 2 saturated heterocycles. The fourth-order valence-corrected chi connectivity index (χ4v) is 4.58. The van der Waals surface area contributed by atoms with Crippen molar-refractivity contribution in [1.82, 2.24) is 10.2 Å². The molecule has 2 aromatic carbocycles. The van der Waals surface area contributed by atoms with Gasteiger partial charge in [0.05, 0.1) is 31.9 Å². The fraction of sp³-hybridized carbons (Fsp3) is 0.481. The van der Waals surface area contributed by atoms with Crippen LogP contribution in [0.4, 0.5) is 11.4 Å². The molecule has 0 spiro atoms. The molecular weight excluding hydrogens is 444 g/mol. The van der Waals surface area contributed by atoms with Crippen molar-refractivity contribution >= 4 is 23.2 Å². The molecule has 8 nitrogen and oxygen atoms in total. The molecule has 0 aliphatic carbocycles. The van der Waals surface area contributed by atoms with Gasteiger partial charge in [-0.2, -0.15) is 0 Å². The van der Waals surface area contributed by atoms with E-state index in [1.54, 1.807) is 31.4 Å². The van der Waals surface area contributed by atoms with Crippen LogP contribution < -0.4 is 24.6 Å². The molecular formula is C27H36N4O4. The minimum Gasteiger partial charge on any atom is -0.497 e. The molecule has 2 aliphatic rings. The number of carbonyl (C=O) groups excluding carboxylic acids is 2. The van der Waals surface area contributed by atoms with E-state index in [2.05, 4.69) is 27.2 Å². The van der Waals surface area contributed by atoms with Crippen LogP contribution in [0.25, 0.3) is 0 Å². The molecule has 1 N–H and O–H groups in total. The number of methoxy groups -OCH3 is 1. The van der Waals surface area contributed by atoms with E-state index in [0.717, 1.165) is 57.1 Å². The van der Waals surface area contributed by atoms with E-state index in [1.807, 2.05) is 19.1 Å². The quantitative estimate of drug-likeness (QED) is 0.392. The second-order valence-electron chi connectivity index (χ2n) is 9.00. The van der Waals surface area contributed by atoms with E-state index in [9.17, 15) is 9.59 Å². The third-order valence-corrected chi connectivity index (χ3v) is 6.57. The predicted molar refractivity (Wildman–Crippen MR) is 137 cm³/mol. The Labute approximate surface area is 207 Å². The zero-order valence-electron chi connectivity index (χ0n) is 20.7. The molecule has 0 unspecified atom stereocenters. The van der Waals surface area contributed by atoms with E-state index >= 15 is 0 Å². The van der Waals surface area contributed by atoms with Crippen LogP contribution in [-0.2, 0) is 9.59 Å². The van der Waals surface area contributed by atoms with Gasteiger partial charge in [0, 0.05) is 31.9 Å². The number of imide groups is 1. The number of rotatable bonds is 11. The summed E-state index contributed by atoms with van der Waals surface area (Å²) in [6.07, 6.45) is 2.07. The van der Waals surface area contributed by atoms with E-state index in [1.165, 1.54) is 10.6 Å². The molecule has 35 heavy (non-hydrogen) atoms. The molecule has 8 heteroatoms. The van der Waals surface area contributed by atoms with Crippen molar-refractivity contribution in [3.05, 3.63) is 48.5 Å². The first-order valence-electron chi connectivity index (χ1n) is 12.5. The maximum Gasteiger partial charge on any atom is 0.251 e. The monoisotopic (exact) mass is 480 g/mol. The Morgan fingerprint density at radius 2 is 1.57 bits per heavy atom. The number of benzene rings is 2. The number of hydrogen-bond acceptors (Lipinski definition) is 7. The Balaban J connectivity index is 1.17. The summed E-state index contributed by atoms with van der Waals surface area (Å²) in [5.41, 5.74) is 1.83. The molecule has 2 amide bonds. The SMILES string of the molecule is CCCOc1ccc(N2C(=O)C[C@@H](NCCCN3CCN(c4ccc(OC)cc4)CC3)C2=O)cc1. The molecule has 2 aromatic rings. The third-order valence-electron chi connectivity index (χ3n) is 6.57. The summed E-state index contributed by atoms with van der Waals surface area (Å²) in [7, 11) is 1.68. The summed E-state index contributed by atoms with van der Waals surface area (Å²) in [6, 6.07) is 14.9. The Morgan fingerprint density at radius 1 is 0.914 bits per heavy atom. The maximum atomic E-state index is 12.9. The van der Waals surface area contributed by atoms with Crippen LogP contribution in [0.1, 0.15) is 26.2 Å².